The van der Waals surface area contributed by atoms with Crippen LogP contribution in [0.4, 0.5) is 0 Å². The molecule has 0 spiro atoms. The van der Waals surface area contributed by atoms with Gasteiger partial charge in [-0.05, 0) is 51.0 Å². The summed E-state index contributed by atoms with van der Waals surface area (Å²) in [5.41, 5.74) is 0. The van der Waals surface area contributed by atoms with Gasteiger partial charge in [-0.1, -0.05) is 242 Å². The molecule has 3 atom stereocenters. The van der Waals surface area contributed by atoms with E-state index in [0.717, 1.165) is 64.2 Å². The van der Waals surface area contributed by atoms with Crippen LogP contribution >= 0.6 is 0 Å². The second-order valence-corrected chi connectivity index (χ2v) is 17.2. The van der Waals surface area contributed by atoms with Gasteiger partial charge in [-0.3, -0.25) is 9.59 Å². The van der Waals surface area contributed by atoms with Gasteiger partial charge in [0.05, 0.1) is 25.2 Å². The third-order valence-electron chi connectivity index (χ3n) is 11.4. The zero-order valence-electron chi connectivity index (χ0n) is 39.6. The van der Waals surface area contributed by atoms with Crippen molar-refractivity contribution in [2.24, 2.45) is 0 Å². The van der Waals surface area contributed by atoms with E-state index >= 15 is 0 Å². The van der Waals surface area contributed by atoms with Gasteiger partial charge in [0.1, 0.15) is 6.10 Å². The fourth-order valence-corrected chi connectivity index (χ4v) is 7.51. The van der Waals surface area contributed by atoms with Gasteiger partial charge in [0.2, 0.25) is 5.91 Å². The van der Waals surface area contributed by atoms with Crippen molar-refractivity contribution in [2.75, 3.05) is 6.61 Å². The van der Waals surface area contributed by atoms with Gasteiger partial charge < -0.3 is 20.3 Å². The standard InChI is InChI=1S/C54H97NO5/c1-4-7-10-13-16-19-21-23-25-26-27-28-30-32-35-38-41-44-47-54(59)60-50(45-42-39-36-34-31-29-24-22-20-17-14-11-8-5-2)48-53(58)55-51(49-56)52(57)46-43-40-37-33-18-15-12-9-6-3/h8,11,17,20,24,29,34,36,42,45,50-52,56-57H,4-7,9-10,12-16,18-19,21-23,25-28,30-33,35,37-41,43-44,46-49H2,1-3H3,(H,55,58)/b11-8+,20-17+,29-24+,36-34+,45-42+. The van der Waals surface area contributed by atoms with Gasteiger partial charge in [0.25, 0.3) is 0 Å². The fourth-order valence-electron chi connectivity index (χ4n) is 7.51. The van der Waals surface area contributed by atoms with Gasteiger partial charge >= 0.3 is 5.97 Å². The van der Waals surface area contributed by atoms with Crippen LogP contribution < -0.4 is 5.32 Å². The number of esters is 1. The largest absolute Gasteiger partial charge is 0.458 e. The van der Waals surface area contributed by atoms with Crippen LogP contribution in [0.5, 0.6) is 0 Å². The number of amides is 1. The average molecular weight is 840 g/mol. The molecule has 3 N–H and O–H groups in total. The van der Waals surface area contributed by atoms with Crippen LogP contribution in [0.25, 0.3) is 0 Å². The monoisotopic (exact) mass is 840 g/mol. The number of allylic oxidation sites excluding steroid dienone is 9. The van der Waals surface area contributed by atoms with Crippen LogP contribution in [0.1, 0.15) is 245 Å². The molecular weight excluding hydrogens is 743 g/mol. The Balaban J connectivity index is 4.65. The molecule has 0 fully saturated rings. The molecule has 3 unspecified atom stereocenters. The second-order valence-electron chi connectivity index (χ2n) is 17.2. The second kappa shape index (κ2) is 47.6. The van der Waals surface area contributed by atoms with Crippen LogP contribution in [0.3, 0.4) is 0 Å². The van der Waals surface area contributed by atoms with Crippen LogP contribution in [-0.4, -0.2) is 46.9 Å². The minimum absolute atomic E-state index is 0.0448. The van der Waals surface area contributed by atoms with Crippen molar-refractivity contribution in [2.45, 2.75) is 264 Å². The number of ether oxygens (including phenoxy) is 1. The Morgan fingerprint density at radius 2 is 0.867 bits per heavy atom. The van der Waals surface area contributed by atoms with E-state index in [0.29, 0.717) is 19.3 Å². The summed E-state index contributed by atoms with van der Waals surface area (Å²) in [5, 5.41) is 23.6. The summed E-state index contributed by atoms with van der Waals surface area (Å²) in [6.45, 7) is 6.32. The molecule has 0 radical (unpaired) electrons. The summed E-state index contributed by atoms with van der Waals surface area (Å²) < 4.78 is 5.82. The van der Waals surface area contributed by atoms with Crippen molar-refractivity contribution in [3.8, 4) is 0 Å². The van der Waals surface area contributed by atoms with Crippen molar-refractivity contribution in [3.05, 3.63) is 60.8 Å². The first-order valence-corrected chi connectivity index (χ1v) is 25.5. The Bertz CT molecular complexity index is 1080. The Morgan fingerprint density at radius 3 is 1.27 bits per heavy atom. The number of rotatable bonds is 45. The number of carbonyl (C=O) groups excluding carboxylic acids is 2. The van der Waals surface area contributed by atoms with Crippen LogP contribution in [0.15, 0.2) is 60.8 Å². The molecule has 0 rings (SSSR count). The summed E-state index contributed by atoms with van der Waals surface area (Å²) in [5.74, 6) is -0.624. The molecule has 6 nitrogen and oxygen atoms in total. The van der Waals surface area contributed by atoms with Crippen LogP contribution in [0.2, 0.25) is 0 Å². The molecule has 6 heteroatoms. The number of carbonyl (C=O) groups is 2. The molecule has 0 aromatic carbocycles. The van der Waals surface area contributed by atoms with Crippen molar-refractivity contribution >= 4 is 11.9 Å². The Kier molecular flexibility index (Phi) is 45.7. The molecule has 0 aromatic heterocycles. The molecule has 0 aliphatic rings. The maximum atomic E-state index is 13.1. The first-order chi connectivity index (χ1) is 29.5. The lowest BCUT2D eigenvalue weighted by atomic mass is 10.0. The van der Waals surface area contributed by atoms with Gasteiger partial charge in [0, 0.05) is 6.42 Å². The highest BCUT2D eigenvalue weighted by molar-refractivity contribution is 5.78. The van der Waals surface area contributed by atoms with Crippen molar-refractivity contribution < 1.29 is 24.5 Å². The minimum Gasteiger partial charge on any atom is -0.458 e. The highest BCUT2D eigenvalue weighted by Gasteiger charge is 2.23. The molecule has 0 aromatic rings. The molecule has 0 aliphatic carbocycles. The average Bonchev–Trinajstić information content (AvgIpc) is 3.24. The lowest BCUT2D eigenvalue weighted by Crippen LogP contribution is -2.46. The number of unbranched alkanes of at least 4 members (excludes halogenated alkanes) is 25. The number of hydrogen-bond acceptors (Lipinski definition) is 5. The summed E-state index contributed by atoms with van der Waals surface area (Å²) in [7, 11) is 0. The molecule has 0 saturated carbocycles. The molecule has 0 heterocycles. The number of hydrogen-bond donors (Lipinski definition) is 3. The smallest absolute Gasteiger partial charge is 0.306 e. The first kappa shape index (κ1) is 57.6. The van der Waals surface area contributed by atoms with E-state index in [1.165, 1.54) is 135 Å². The highest BCUT2D eigenvalue weighted by atomic mass is 16.5. The summed E-state index contributed by atoms with van der Waals surface area (Å²) >= 11 is 0. The lowest BCUT2D eigenvalue weighted by Gasteiger charge is -2.23. The SMILES string of the molecule is CC/C=C/C/C=C/C/C=C/C/C=C/C/C=C/C(CC(=O)NC(CO)C(O)CCCCCCCCCCC)OC(=O)CCCCCCCCCCCCCCCCCCCC. The quantitative estimate of drug-likeness (QED) is 0.0322. The van der Waals surface area contributed by atoms with Crippen molar-refractivity contribution in [1.82, 2.24) is 5.32 Å². The summed E-state index contributed by atoms with van der Waals surface area (Å²) in [4.78, 5) is 26.0. The van der Waals surface area contributed by atoms with Gasteiger partial charge in [-0.15, -0.1) is 0 Å². The highest BCUT2D eigenvalue weighted by Crippen LogP contribution is 2.16. The van der Waals surface area contributed by atoms with E-state index in [4.69, 9.17) is 4.74 Å². The fraction of sp³-hybridized carbons (Fsp3) is 0.778. The summed E-state index contributed by atoms with van der Waals surface area (Å²) in [6.07, 6.45) is 58.9. The molecular formula is C54H97NO5. The minimum atomic E-state index is -0.817. The van der Waals surface area contributed by atoms with Crippen molar-refractivity contribution in [1.29, 1.82) is 0 Å². The Labute approximate surface area is 371 Å². The lowest BCUT2D eigenvalue weighted by molar-refractivity contribution is -0.148. The molecule has 348 valence electrons. The van der Waals surface area contributed by atoms with Crippen LogP contribution in [0, 0.1) is 0 Å². The zero-order chi connectivity index (χ0) is 43.8. The van der Waals surface area contributed by atoms with E-state index < -0.39 is 18.2 Å². The van der Waals surface area contributed by atoms with Crippen molar-refractivity contribution in [3.63, 3.8) is 0 Å². The molecule has 60 heavy (non-hydrogen) atoms. The molecule has 0 saturated heterocycles. The van der Waals surface area contributed by atoms with E-state index in [1.54, 1.807) is 6.08 Å². The van der Waals surface area contributed by atoms with E-state index in [2.05, 4.69) is 74.7 Å². The molecule has 1 amide bonds. The third kappa shape index (κ3) is 42.3. The van der Waals surface area contributed by atoms with Gasteiger partial charge in [0.15, 0.2) is 0 Å². The number of aliphatic hydroxyl groups is 2. The molecule has 0 bridgehead atoms. The number of aliphatic hydroxyl groups excluding tert-OH is 2. The maximum absolute atomic E-state index is 13.1. The first-order valence-electron chi connectivity index (χ1n) is 25.5. The number of nitrogens with one attached hydrogen (secondary N) is 1. The van der Waals surface area contributed by atoms with Crippen LogP contribution in [-0.2, 0) is 14.3 Å². The van der Waals surface area contributed by atoms with E-state index in [1.807, 2.05) is 6.08 Å². The van der Waals surface area contributed by atoms with Gasteiger partial charge in [-0.2, -0.15) is 0 Å². The normalized spacial score (nSPS) is 13.8. The zero-order valence-corrected chi connectivity index (χ0v) is 39.6. The topological polar surface area (TPSA) is 95.9 Å². The predicted octanol–water partition coefficient (Wildman–Crippen LogP) is 15.2. The third-order valence-corrected chi connectivity index (χ3v) is 11.4. The van der Waals surface area contributed by atoms with E-state index in [-0.39, 0.29) is 24.9 Å². The summed E-state index contributed by atoms with van der Waals surface area (Å²) in [6, 6.07) is -0.740. The maximum Gasteiger partial charge on any atom is 0.306 e. The predicted molar refractivity (Wildman–Crippen MR) is 259 cm³/mol. The Morgan fingerprint density at radius 1 is 0.500 bits per heavy atom. The van der Waals surface area contributed by atoms with Gasteiger partial charge in [-0.25, -0.2) is 0 Å². The van der Waals surface area contributed by atoms with E-state index in [9.17, 15) is 19.8 Å². The Hall–Kier alpha value is -2.44. The molecule has 0 aliphatic heterocycles.